The lowest BCUT2D eigenvalue weighted by atomic mass is 9.81. The first-order valence-electron chi connectivity index (χ1n) is 5.09. The molecule has 1 aliphatic heterocycles. The predicted molar refractivity (Wildman–Crippen MR) is 41.1 cm³/mol. The normalized spacial score (nSPS) is 69.8. The van der Waals surface area contributed by atoms with Crippen LogP contribution < -0.4 is 0 Å². The van der Waals surface area contributed by atoms with E-state index in [1.54, 1.807) is 12.8 Å². The van der Waals surface area contributed by atoms with Crippen molar-refractivity contribution in [1.82, 2.24) is 0 Å². The van der Waals surface area contributed by atoms with E-state index >= 15 is 0 Å². The third kappa shape index (κ3) is 0.516. The SMILES string of the molecule is C1C2C([C@H]3CC[C@@H]2C3)[C@H]2OC12. The van der Waals surface area contributed by atoms with E-state index in [9.17, 15) is 0 Å². The molecule has 2 bridgehead atoms. The Morgan fingerprint density at radius 1 is 1.00 bits per heavy atom. The first-order valence-corrected chi connectivity index (χ1v) is 5.09. The zero-order valence-corrected chi connectivity index (χ0v) is 6.70. The van der Waals surface area contributed by atoms with Crippen LogP contribution in [-0.2, 0) is 4.74 Å². The molecule has 11 heavy (non-hydrogen) atoms. The maximum atomic E-state index is 5.62. The van der Waals surface area contributed by atoms with Crippen molar-refractivity contribution in [3.8, 4) is 0 Å². The van der Waals surface area contributed by atoms with Gasteiger partial charge in [0.2, 0.25) is 0 Å². The van der Waals surface area contributed by atoms with Crippen molar-refractivity contribution in [2.45, 2.75) is 37.9 Å². The maximum Gasteiger partial charge on any atom is 0.0875 e. The van der Waals surface area contributed by atoms with Gasteiger partial charge in [-0.05, 0) is 49.4 Å². The number of ether oxygens (including phenoxy) is 1. The van der Waals surface area contributed by atoms with Crippen molar-refractivity contribution in [2.24, 2.45) is 23.7 Å². The summed E-state index contributed by atoms with van der Waals surface area (Å²) >= 11 is 0. The molecule has 0 radical (unpaired) electrons. The number of epoxide rings is 1. The minimum absolute atomic E-state index is 0.730. The topological polar surface area (TPSA) is 12.5 Å². The van der Waals surface area contributed by atoms with Gasteiger partial charge < -0.3 is 4.74 Å². The lowest BCUT2D eigenvalue weighted by molar-refractivity contribution is 0.147. The minimum Gasteiger partial charge on any atom is -0.369 e. The van der Waals surface area contributed by atoms with E-state index in [2.05, 4.69) is 0 Å². The molecule has 4 fully saturated rings. The summed E-state index contributed by atoms with van der Waals surface area (Å²) in [6.07, 6.45) is 7.53. The smallest absolute Gasteiger partial charge is 0.0875 e. The van der Waals surface area contributed by atoms with Gasteiger partial charge in [0.25, 0.3) is 0 Å². The Balaban J connectivity index is 1.76. The molecule has 60 valence electrons. The highest BCUT2D eigenvalue weighted by Gasteiger charge is 2.64. The third-order valence-electron chi connectivity index (χ3n) is 4.66. The van der Waals surface area contributed by atoms with E-state index < -0.39 is 0 Å². The predicted octanol–water partition coefficient (Wildman–Crippen LogP) is 1.82. The molecule has 1 heteroatoms. The van der Waals surface area contributed by atoms with Crippen LogP contribution in [0.5, 0.6) is 0 Å². The molecule has 3 unspecified atom stereocenters. The fourth-order valence-electron chi connectivity index (χ4n) is 4.27. The standard InChI is InChI=1S/C10H14O/c1-2-6-3-5(1)7-4-8-10(11-8)9(6)7/h5-10H,1-4H2/t5-,6+,7?,8?,9?,10+/m1/s1. The molecule has 0 spiro atoms. The quantitative estimate of drug-likeness (QED) is 0.480. The summed E-state index contributed by atoms with van der Waals surface area (Å²) in [4.78, 5) is 0. The van der Waals surface area contributed by atoms with Crippen molar-refractivity contribution in [3.63, 3.8) is 0 Å². The molecule has 1 heterocycles. The largest absolute Gasteiger partial charge is 0.369 e. The van der Waals surface area contributed by atoms with Crippen LogP contribution in [0.3, 0.4) is 0 Å². The summed E-state index contributed by atoms with van der Waals surface area (Å²) in [6.45, 7) is 0. The van der Waals surface area contributed by atoms with Crippen LogP contribution in [0.15, 0.2) is 0 Å². The van der Waals surface area contributed by atoms with Gasteiger partial charge in [0.1, 0.15) is 0 Å². The molecule has 4 aliphatic rings. The Morgan fingerprint density at radius 2 is 1.91 bits per heavy atom. The lowest BCUT2D eigenvalue weighted by Gasteiger charge is -2.25. The van der Waals surface area contributed by atoms with Gasteiger partial charge in [-0.15, -0.1) is 0 Å². The Bertz CT molecular complexity index is 213. The van der Waals surface area contributed by atoms with Gasteiger partial charge in [-0.25, -0.2) is 0 Å². The van der Waals surface area contributed by atoms with E-state index in [-0.39, 0.29) is 0 Å². The fourth-order valence-corrected chi connectivity index (χ4v) is 4.27. The Kier molecular flexibility index (Phi) is 0.769. The zero-order chi connectivity index (χ0) is 7.00. The highest BCUT2D eigenvalue weighted by molar-refractivity contribution is 5.12. The van der Waals surface area contributed by atoms with Gasteiger partial charge >= 0.3 is 0 Å². The molecular weight excluding hydrogens is 136 g/mol. The van der Waals surface area contributed by atoms with Crippen molar-refractivity contribution in [3.05, 3.63) is 0 Å². The molecule has 6 atom stereocenters. The molecule has 3 aliphatic carbocycles. The molecule has 4 rings (SSSR count). The second-order valence-corrected chi connectivity index (χ2v) is 4.95. The van der Waals surface area contributed by atoms with Gasteiger partial charge in [0.05, 0.1) is 12.2 Å². The number of hydrogen-bond acceptors (Lipinski definition) is 1. The molecule has 1 saturated heterocycles. The Labute approximate surface area is 67.1 Å². The summed E-state index contributed by atoms with van der Waals surface area (Å²) in [7, 11) is 0. The van der Waals surface area contributed by atoms with Crippen LogP contribution in [0.1, 0.15) is 25.7 Å². The third-order valence-corrected chi connectivity index (χ3v) is 4.66. The van der Waals surface area contributed by atoms with Crippen LogP contribution in [0.25, 0.3) is 0 Å². The summed E-state index contributed by atoms with van der Waals surface area (Å²) in [6, 6.07) is 0. The molecule has 0 aromatic carbocycles. The summed E-state index contributed by atoms with van der Waals surface area (Å²) in [5.41, 5.74) is 0. The number of fused-ring (bicyclic) bond motifs is 7. The molecule has 1 nitrogen and oxygen atoms in total. The van der Waals surface area contributed by atoms with Gasteiger partial charge in [-0.2, -0.15) is 0 Å². The van der Waals surface area contributed by atoms with E-state index in [4.69, 9.17) is 4.74 Å². The van der Waals surface area contributed by atoms with E-state index in [0.717, 1.165) is 35.9 Å². The monoisotopic (exact) mass is 150 g/mol. The zero-order valence-electron chi connectivity index (χ0n) is 6.70. The Hall–Kier alpha value is -0.0400. The van der Waals surface area contributed by atoms with Crippen LogP contribution in [0, 0.1) is 23.7 Å². The van der Waals surface area contributed by atoms with Crippen LogP contribution >= 0.6 is 0 Å². The second kappa shape index (κ2) is 1.52. The van der Waals surface area contributed by atoms with Gasteiger partial charge in [0, 0.05) is 0 Å². The fraction of sp³-hybridized carbons (Fsp3) is 1.00. The van der Waals surface area contributed by atoms with Gasteiger partial charge in [-0.1, -0.05) is 0 Å². The average Bonchev–Trinajstić information content (AvgIpc) is 2.53. The Morgan fingerprint density at radius 3 is 2.82 bits per heavy atom. The molecule has 0 N–H and O–H groups in total. The summed E-state index contributed by atoms with van der Waals surface area (Å²) < 4.78 is 5.62. The van der Waals surface area contributed by atoms with Crippen LogP contribution in [-0.4, -0.2) is 12.2 Å². The van der Waals surface area contributed by atoms with E-state index in [1.165, 1.54) is 12.8 Å². The van der Waals surface area contributed by atoms with Crippen molar-refractivity contribution < 1.29 is 4.74 Å². The second-order valence-electron chi connectivity index (χ2n) is 4.95. The van der Waals surface area contributed by atoms with Gasteiger partial charge in [0.15, 0.2) is 0 Å². The molecule has 3 saturated carbocycles. The van der Waals surface area contributed by atoms with E-state index in [0.29, 0.717) is 0 Å². The van der Waals surface area contributed by atoms with Crippen molar-refractivity contribution >= 4 is 0 Å². The highest BCUT2D eigenvalue weighted by Crippen LogP contribution is 2.64. The van der Waals surface area contributed by atoms with Crippen LogP contribution in [0.4, 0.5) is 0 Å². The van der Waals surface area contributed by atoms with Crippen LogP contribution in [0.2, 0.25) is 0 Å². The first-order chi connectivity index (χ1) is 5.43. The molecule has 0 amide bonds. The molecule has 0 aromatic heterocycles. The number of hydrogen-bond donors (Lipinski definition) is 0. The molecular formula is C10H14O. The van der Waals surface area contributed by atoms with E-state index in [1.807, 2.05) is 0 Å². The lowest BCUT2D eigenvalue weighted by Crippen LogP contribution is -2.22. The summed E-state index contributed by atoms with van der Waals surface area (Å²) in [5.74, 6) is 4.35. The summed E-state index contributed by atoms with van der Waals surface area (Å²) in [5, 5.41) is 0. The minimum atomic E-state index is 0.730. The number of rotatable bonds is 0. The van der Waals surface area contributed by atoms with Crippen molar-refractivity contribution in [2.75, 3.05) is 0 Å². The molecule has 0 aromatic rings. The average molecular weight is 150 g/mol. The highest BCUT2D eigenvalue weighted by atomic mass is 16.6. The van der Waals surface area contributed by atoms with Crippen molar-refractivity contribution in [1.29, 1.82) is 0 Å². The first kappa shape index (κ1) is 5.58. The maximum absolute atomic E-state index is 5.62. The van der Waals surface area contributed by atoms with Gasteiger partial charge in [-0.3, -0.25) is 0 Å².